The number of hydrogen-bond donors (Lipinski definition) is 1. The number of halogens is 1. The first-order valence-corrected chi connectivity index (χ1v) is 7.11. The van der Waals surface area contributed by atoms with Crippen LogP contribution in [-0.2, 0) is 4.79 Å². The van der Waals surface area contributed by atoms with E-state index in [9.17, 15) is 20.0 Å². The molecule has 1 aromatic carbocycles. The van der Waals surface area contributed by atoms with Crippen molar-refractivity contribution in [1.82, 2.24) is 0 Å². The van der Waals surface area contributed by atoms with Gasteiger partial charge in [-0.3, -0.25) is 10.1 Å². The molecular weight excluding hydrogens is 296 g/mol. The van der Waals surface area contributed by atoms with Gasteiger partial charge < -0.3 is 10.0 Å². The number of rotatable bonds is 3. The average Bonchev–Trinajstić information content (AvgIpc) is 2.41. The zero-order chi connectivity index (χ0) is 15.8. The Morgan fingerprint density at radius 1 is 1.48 bits per heavy atom. The fourth-order valence-corrected chi connectivity index (χ4v) is 3.04. The van der Waals surface area contributed by atoms with Crippen molar-refractivity contribution in [2.75, 3.05) is 11.4 Å². The minimum absolute atomic E-state index is 0.0268. The van der Waals surface area contributed by atoms with E-state index in [0.29, 0.717) is 24.2 Å². The number of nitro benzene ring substituents is 1. The monoisotopic (exact) mass is 312 g/mol. The van der Waals surface area contributed by atoms with Crippen molar-refractivity contribution in [3.05, 3.63) is 32.8 Å². The third-order valence-electron chi connectivity index (χ3n) is 4.10. The highest BCUT2D eigenvalue weighted by molar-refractivity contribution is 6.33. The molecule has 1 aliphatic heterocycles. The highest BCUT2D eigenvalue weighted by Crippen LogP contribution is 2.39. The molecule has 1 unspecified atom stereocenters. The number of aryl methyl sites for hydroxylation is 1. The van der Waals surface area contributed by atoms with Gasteiger partial charge in [-0.25, -0.2) is 4.79 Å². The molecule has 0 radical (unpaired) electrons. The number of benzene rings is 1. The second-order valence-electron chi connectivity index (χ2n) is 5.53. The van der Waals surface area contributed by atoms with E-state index in [2.05, 4.69) is 0 Å². The fraction of sp³-hybridized carbons (Fsp3) is 0.500. The van der Waals surface area contributed by atoms with Gasteiger partial charge in [0.2, 0.25) is 0 Å². The lowest BCUT2D eigenvalue weighted by Crippen LogP contribution is -2.55. The molecule has 2 rings (SSSR count). The maximum absolute atomic E-state index is 11.6. The molecule has 0 aromatic heterocycles. The molecule has 1 fully saturated rings. The Labute approximate surface area is 127 Å². The Morgan fingerprint density at radius 2 is 2.14 bits per heavy atom. The van der Waals surface area contributed by atoms with Crippen LogP contribution in [0.25, 0.3) is 0 Å². The lowest BCUT2D eigenvalue weighted by atomic mass is 9.87. The molecule has 1 N–H and O–H groups in total. The van der Waals surface area contributed by atoms with Crippen molar-refractivity contribution in [2.24, 2.45) is 0 Å². The summed E-state index contributed by atoms with van der Waals surface area (Å²) in [6, 6.07) is 2.90. The normalized spacial score (nSPS) is 22.1. The van der Waals surface area contributed by atoms with Crippen molar-refractivity contribution in [3.63, 3.8) is 0 Å². The molecule has 1 aliphatic rings. The standard InChI is InChI=1S/C14H17ClN2O4/c1-9-7-12(17(20)21)10(15)8-11(9)16-6-4-3-5-14(16,2)13(18)19/h7-8H,3-6H2,1-2H3,(H,18,19). The topological polar surface area (TPSA) is 83.7 Å². The van der Waals surface area contributed by atoms with Crippen molar-refractivity contribution < 1.29 is 14.8 Å². The van der Waals surface area contributed by atoms with Gasteiger partial charge in [-0.15, -0.1) is 0 Å². The second-order valence-corrected chi connectivity index (χ2v) is 5.94. The van der Waals surface area contributed by atoms with Crippen LogP contribution in [0.1, 0.15) is 31.7 Å². The molecule has 0 aliphatic carbocycles. The summed E-state index contributed by atoms with van der Waals surface area (Å²) in [6.45, 7) is 4.01. The van der Waals surface area contributed by atoms with Crippen LogP contribution >= 0.6 is 11.6 Å². The maximum atomic E-state index is 11.6. The maximum Gasteiger partial charge on any atom is 0.329 e. The average molecular weight is 313 g/mol. The van der Waals surface area contributed by atoms with E-state index in [-0.39, 0.29) is 10.7 Å². The van der Waals surface area contributed by atoms with Gasteiger partial charge in [0.05, 0.1) is 4.92 Å². The van der Waals surface area contributed by atoms with Crippen molar-refractivity contribution in [3.8, 4) is 0 Å². The number of carbonyl (C=O) groups is 1. The first-order chi connectivity index (χ1) is 9.77. The summed E-state index contributed by atoms with van der Waals surface area (Å²) in [7, 11) is 0. The van der Waals surface area contributed by atoms with E-state index in [4.69, 9.17) is 11.6 Å². The third kappa shape index (κ3) is 2.68. The molecule has 1 atom stereocenters. The van der Waals surface area contributed by atoms with E-state index in [1.165, 1.54) is 12.1 Å². The quantitative estimate of drug-likeness (QED) is 0.683. The van der Waals surface area contributed by atoms with Gasteiger partial charge in [0.1, 0.15) is 10.6 Å². The number of aliphatic carboxylic acids is 1. The van der Waals surface area contributed by atoms with Crippen molar-refractivity contribution in [2.45, 2.75) is 38.6 Å². The summed E-state index contributed by atoms with van der Waals surface area (Å²) in [5.74, 6) is -0.893. The Hall–Kier alpha value is -1.82. The summed E-state index contributed by atoms with van der Waals surface area (Å²) in [6.07, 6.45) is 2.27. The van der Waals surface area contributed by atoms with Gasteiger partial charge in [0.25, 0.3) is 5.69 Å². The predicted octanol–water partition coefficient (Wildman–Crippen LogP) is 3.39. The second kappa shape index (κ2) is 5.52. The zero-order valence-corrected chi connectivity index (χ0v) is 12.7. The number of piperidine rings is 1. The molecule has 0 saturated carbocycles. The van der Waals surface area contributed by atoms with E-state index in [0.717, 1.165) is 12.8 Å². The first-order valence-electron chi connectivity index (χ1n) is 6.73. The predicted molar refractivity (Wildman–Crippen MR) is 80.1 cm³/mol. The van der Waals surface area contributed by atoms with Gasteiger partial charge in [0.15, 0.2) is 0 Å². The Morgan fingerprint density at radius 3 is 2.71 bits per heavy atom. The van der Waals surface area contributed by atoms with Gasteiger partial charge >= 0.3 is 5.97 Å². The van der Waals surface area contributed by atoms with Crippen LogP contribution < -0.4 is 4.90 Å². The van der Waals surface area contributed by atoms with Gasteiger partial charge in [-0.2, -0.15) is 0 Å². The molecule has 0 amide bonds. The molecule has 6 nitrogen and oxygen atoms in total. The zero-order valence-electron chi connectivity index (χ0n) is 11.9. The Balaban J connectivity index is 2.52. The third-order valence-corrected chi connectivity index (χ3v) is 4.41. The summed E-state index contributed by atoms with van der Waals surface area (Å²) >= 11 is 5.97. The molecule has 7 heteroatoms. The Bertz CT molecular complexity index is 605. The molecule has 1 saturated heterocycles. The molecule has 0 bridgehead atoms. The minimum Gasteiger partial charge on any atom is -0.480 e. The van der Waals surface area contributed by atoms with Crippen LogP contribution in [0, 0.1) is 17.0 Å². The highest BCUT2D eigenvalue weighted by atomic mass is 35.5. The SMILES string of the molecule is Cc1cc([N+](=O)[O-])c(Cl)cc1N1CCCCC1(C)C(=O)O. The number of carboxylic acids is 1. The Kier molecular flexibility index (Phi) is 4.09. The van der Waals surface area contributed by atoms with E-state index >= 15 is 0 Å². The largest absolute Gasteiger partial charge is 0.480 e. The van der Waals surface area contributed by atoms with E-state index in [1.54, 1.807) is 18.7 Å². The van der Waals surface area contributed by atoms with Crippen LogP contribution in [0.15, 0.2) is 12.1 Å². The molecule has 1 aromatic rings. The van der Waals surface area contributed by atoms with Crippen LogP contribution in [0.5, 0.6) is 0 Å². The first kappa shape index (κ1) is 15.6. The van der Waals surface area contributed by atoms with Gasteiger partial charge in [0, 0.05) is 18.3 Å². The number of anilines is 1. The summed E-state index contributed by atoms with van der Waals surface area (Å²) in [4.78, 5) is 23.8. The van der Waals surface area contributed by atoms with Crippen molar-refractivity contribution >= 4 is 28.9 Å². The number of carboxylic acid groups (broad SMARTS) is 1. The van der Waals surface area contributed by atoms with E-state index < -0.39 is 16.4 Å². The molecule has 114 valence electrons. The number of hydrogen-bond acceptors (Lipinski definition) is 4. The van der Waals surface area contributed by atoms with Crippen LogP contribution in [0.4, 0.5) is 11.4 Å². The fourth-order valence-electron chi connectivity index (χ4n) is 2.82. The van der Waals surface area contributed by atoms with Crippen molar-refractivity contribution in [1.29, 1.82) is 0 Å². The summed E-state index contributed by atoms with van der Waals surface area (Å²) < 4.78 is 0. The van der Waals surface area contributed by atoms with Crippen LogP contribution in [0.2, 0.25) is 5.02 Å². The number of nitro groups is 1. The lowest BCUT2D eigenvalue weighted by molar-refractivity contribution is -0.384. The summed E-state index contributed by atoms with van der Waals surface area (Å²) in [5, 5.41) is 20.5. The highest BCUT2D eigenvalue weighted by Gasteiger charge is 2.42. The van der Waals surface area contributed by atoms with Gasteiger partial charge in [-0.1, -0.05) is 11.6 Å². The summed E-state index contributed by atoms with van der Waals surface area (Å²) in [5.41, 5.74) is 0.130. The van der Waals surface area contributed by atoms with Crippen LogP contribution in [-0.4, -0.2) is 28.1 Å². The lowest BCUT2D eigenvalue weighted by Gasteiger charge is -2.44. The molecule has 0 spiro atoms. The van der Waals surface area contributed by atoms with Crippen LogP contribution in [0.3, 0.4) is 0 Å². The van der Waals surface area contributed by atoms with Gasteiger partial charge in [-0.05, 0) is 44.7 Å². The molecular formula is C14H17ClN2O4. The van der Waals surface area contributed by atoms with E-state index in [1.807, 2.05) is 0 Å². The smallest absolute Gasteiger partial charge is 0.329 e. The minimum atomic E-state index is -1.01. The number of nitrogens with zero attached hydrogens (tertiary/aromatic N) is 2. The molecule has 21 heavy (non-hydrogen) atoms. The molecule has 1 heterocycles.